The Hall–Kier alpha value is -2.24. The lowest BCUT2D eigenvalue weighted by molar-refractivity contribution is -0.137. The molecule has 116 valence electrons. The number of methoxy groups -OCH3 is 1. The second-order valence-electron chi connectivity index (χ2n) is 4.95. The number of benzene rings is 1. The summed E-state index contributed by atoms with van der Waals surface area (Å²) in [6.07, 6.45) is 0.671. The molecule has 0 aliphatic heterocycles. The van der Waals surface area contributed by atoms with Crippen molar-refractivity contribution in [3.8, 4) is 5.75 Å². The lowest BCUT2D eigenvalue weighted by Crippen LogP contribution is -2.37. The van der Waals surface area contributed by atoms with E-state index in [1.165, 1.54) is 0 Å². The summed E-state index contributed by atoms with van der Waals surface area (Å²) in [6, 6.07) is 7.18. The van der Waals surface area contributed by atoms with Crippen LogP contribution in [0.3, 0.4) is 0 Å². The van der Waals surface area contributed by atoms with Crippen LogP contribution >= 0.6 is 0 Å². The maximum Gasteiger partial charge on any atom is 0.315 e. The first-order valence-corrected chi connectivity index (χ1v) is 6.87. The van der Waals surface area contributed by atoms with E-state index in [1.807, 2.05) is 31.2 Å². The van der Waals surface area contributed by atoms with E-state index in [9.17, 15) is 9.59 Å². The molecule has 1 unspecified atom stereocenters. The van der Waals surface area contributed by atoms with Crippen LogP contribution in [0.2, 0.25) is 0 Å². The molecule has 0 aromatic heterocycles. The molecule has 0 fully saturated rings. The second kappa shape index (κ2) is 8.84. The van der Waals surface area contributed by atoms with E-state index in [4.69, 9.17) is 9.84 Å². The van der Waals surface area contributed by atoms with Gasteiger partial charge in [-0.3, -0.25) is 4.79 Å². The fraction of sp³-hybridized carbons (Fsp3) is 0.467. The predicted octanol–water partition coefficient (Wildman–Crippen LogP) is 2.00. The number of ether oxygens (including phenoxy) is 1. The molecule has 6 heteroatoms. The highest BCUT2D eigenvalue weighted by atomic mass is 16.5. The first-order chi connectivity index (χ1) is 10.0. The van der Waals surface area contributed by atoms with Crippen molar-refractivity contribution in [2.45, 2.75) is 26.3 Å². The minimum Gasteiger partial charge on any atom is -0.497 e. The van der Waals surface area contributed by atoms with E-state index in [0.29, 0.717) is 19.5 Å². The van der Waals surface area contributed by atoms with E-state index in [2.05, 4.69) is 10.6 Å². The van der Waals surface area contributed by atoms with Gasteiger partial charge in [0.1, 0.15) is 5.75 Å². The number of hydrogen-bond acceptors (Lipinski definition) is 3. The van der Waals surface area contributed by atoms with Crippen LogP contribution in [0, 0.1) is 5.92 Å². The van der Waals surface area contributed by atoms with Crippen LogP contribution < -0.4 is 15.4 Å². The third-order valence-electron chi connectivity index (χ3n) is 3.07. The van der Waals surface area contributed by atoms with Crippen molar-refractivity contribution in [1.82, 2.24) is 10.6 Å². The number of carboxylic acid groups (broad SMARTS) is 1. The minimum absolute atomic E-state index is 0.121. The van der Waals surface area contributed by atoms with E-state index < -0.39 is 5.97 Å². The largest absolute Gasteiger partial charge is 0.497 e. The summed E-state index contributed by atoms with van der Waals surface area (Å²) in [5, 5.41) is 14.1. The van der Waals surface area contributed by atoms with Crippen molar-refractivity contribution in [2.24, 2.45) is 5.92 Å². The van der Waals surface area contributed by atoms with Crippen LogP contribution in [0.15, 0.2) is 24.3 Å². The monoisotopic (exact) mass is 294 g/mol. The van der Waals surface area contributed by atoms with Gasteiger partial charge in [0.25, 0.3) is 0 Å². The number of carbonyl (C=O) groups is 2. The number of urea groups is 1. The molecular formula is C15H22N2O4. The number of carboxylic acids is 1. The fourth-order valence-corrected chi connectivity index (χ4v) is 1.73. The van der Waals surface area contributed by atoms with Gasteiger partial charge in [-0.2, -0.15) is 0 Å². The van der Waals surface area contributed by atoms with E-state index in [-0.39, 0.29) is 18.4 Å². The molecule has 3 N–H and O–H groups in total. The molecule has 1 aromatic rings. The first-order valence-electron chi connectivity index (χ1n) is 6.87. The number of carbonyl (C=O) groups excluding carboxylic acids is 1. The molecule has 1 aromatic carbocycles. The molecule has 0 spiro atoms. The number of rotatable bonds is 8. The smallest absolute Gasteiger partial charge is 0.315 e. The zero-order valence-electron chi connectivity index (χ0n) is 12.4. The SMILES string of the molecule is COc1ccc(CNC(=O)NCC(C)CCC(=O)O)cc1. The van der Waals surface area contributed by atoms with Gasteiger partial charge in [0.05, 0.1) is 7.11 Å². The first kappa shape index (κ1) is 16.8. The summed E-state index contributed by atoms with van der Waals surface area (Å²) in [7, 11) is 1.60. The molecule has 0 saturated heterocycles. The Balaban J connectivity index is 2.22. The highest BCUT2D eigenvalue weighted by Gasteiger charge is 2.07. The topological polar surface area (TPSA) is 87.7 Å². The van der Waals surface area contributed by atoms with Crippen LogP contribution in [-0.4, -0.2) is 30.8 Å². The van der Waals surface area contributed by atoms with Crippen LogP contribution in [0.25, 0.3) is 0 Å². The Labute approximate surface area is 124 Å². The average Bonchev–Trinajstić information content (AvgIpc) is 2.49. The van der Waals surface area contributed by atoms with E-state index in [1.54, 1.807) is 7.11 Å². The minimum atomic E-state index is -0.814. The average molecular weight is 294 g/mol. The fourth-order valence-electron chi connectivity index (χ4n) is 1.73. The third kappa shape index (κ3) is 7.20. The number of aliphatic carboxylic acids is 1. The van der Waals surface area contributed by atoms with Gasteiger partial charge >= 0.3 is 12.0 Å². The van der Waals surface area contributed by atoms with Crippen molar-refractivity contribution in [3.63, 3.8) is 0 Å². The van der Waals surface area contributed by atoms with E-state index >= 15 is 0 Å². The van der Waals surface area contributed by atoms with Crippen LogP contribution in [0.4, 0.5) is 4.79 Å². The molecular weight excluding hydrogens is 272 g/mol. The molecule has 0 radical (unpaired) electrons. The third-order valence-corrected chi connectivity index (χ3v) is 3.07. The lowest BCUT2D eigenvalue weighted by atomic mass is 10.1. The zero-order valence-corrected chi connectivity index (χ0v) is 12.4. The van der Waals surface area contributed by atoms with Gasteiger partial charge in [0, 0.05) is 19.5 Å². The molecule has 0 aliphatic rings. The summed E-state index contributed by atoms with van der Waals surface area (Å²) < 4.78 is 5.06. The Morgan fingerprint density at radius 1 is 1.24 bits per heavy atom. The second-order valence-corrected chi connectivity index (χ2v) is 4.95. The summed E-state index contributed by atoms with van der Waals surface area (Å²) >= 11 is 0. The maximum absolute atomic E-state index is 11.6. The van der Waals surface area contributed by atoms with Gasteiger partial charge in [-0.25, -0.2) is 4.79 Å². The lowest BCUT2D eigenvalue weighted by Gasteiger charge is -2.12. The van der Waals surface area contributed by atoms with Crippen molar-refractivity contribution < 1.29 is 19.4 Å². The van der Waals surface area contributed by atoms with Gasteiger partial charge < -0.3 is 20.5 Å². The maximum atomic E-state index is 11.6. The van der Waals surface area contributed by atoms with Crippen molar-refractivity contribution in [3.05, 3.63) is 29.8 Å². The normalized spacial score (nSPS) is 11.5. The van der Waals surface area contributed by atoms with Crippen molar-refractivity contribution in [1.29, 1.82) is 0 Å². The van der Waals surface area contributed by atoms with Gasteiger partial charge in [0.15, 0.2) is 0 Å². The molecule has 0 aliphatic carbocycles. The predicted molar refractivity (Wildman–Crippen MR) is 79.3 cm³/mol. The molecule has 1 rings (SSSR count). The highest BCUT2D eigenvalue weighted by Crippen LogP contribution is 2.10. The van der Waals surface area contributed by atoms with Crippen LogP contribution in [-0.2, 0) is 11.3 Å². The molecule has 1 atom stereocenters. The van der Waals surface area contributed by atoms with Gasteiger partial charge in [-0.05, 0) is 30.0 Å². The Morgan fingerprint density at radius 3 is 2.48 bits per heavy atom. The Morgan fingerprint density at radius 2 is 1.90 bits per heavy atom. The summed E-state index contributed by atoms with van der Waals surface area (Å²) in [5.74, 6) is 0.0918. The highest BCUT2D eigenvalue weighted by molar-refractivity contribution is 5.73. The van der Waals surface area contributed by atoms with Gasteiger partial charge in [-0.15, -0.1) is 0 Å². The standard InChI is InChI=1S/C15H22N2O4/c1-11(3-8-14(18)19)9-16-15(20)17-10-12-4-6-13(21-2)7-5-12/h4-7,11H,3,8-10H2,1-2H3,(H,18,19)(H2,16,17,20). The van der Waals surface area contributed by atoms with Crippen molar-refractivity contribution in [2.75, 3.05) is 13.7 Å². The van der Waals surface area contributed by atoms with E-state index in [0.717, 1.165) is 11.3 Å². The molecule has 21 heavy (non-hydrogen) atoms. The number of nitrogens with one attached hydrogen (secondary N) is 2. The zero-order chi connectivity index (χ0) is 15.7. The summed E-state index contributed by atoms with van der Waals surface area (Å²) in [4.78, 5) is 22.1. The van der Waals surface area contributed by atoms with Crippen molar-refractivity contribution >= 4 is 12.0 Å². The Kier molecular flexibility index (Phi) is 7.08. The molecule has 2 amide bonds. The molecule has 0 saturated carbocycles. The Bertz CT molecular complexity index is 459. The number of hydrogen-bond donors (Lipinski definition) is 3. The summed E-state index contributed by atoms with van der Waals surface area (Å²) in [5.41, 5.74) is 0.977. The molecule has 0 heterocycles. The molecule has 0 bridgehead atoms. The van der Waals surface area contributed by atoms with Gasteiger partial charge in [-0.1, -0.05) is 19.1 Å². The number of amides is 2. The van der Waals surface area contributed by atoms with Crippen LogP contribution in [0.1, 0.15) is 25.3 Å². The van der Waals surface area contributed by atoms with Gasteiger partial charge in [0.2, 0.25) is 0 Å². The quantitative estimate of drug-likeness (QED) is 0.684. The van der Waals surface area contributed by atoms with Crippen LogP contribution in [0.5, 0.6) is 5.75 Å². The summed E-state index contributed by atoms with van der Waals surface area (Å²) in [6.45, 7) is 2.80. The molecule has 6 nitrogen and oxygen atoms in total.